The van der Waals surface area contributed by atoms with Crippen molar-refractivity contribution in [1.29, 1.82) is 0 Å². The van der Waals surface area contributed by atoms with Gasteiger partial charge in [0.05, 0.1) is 18.7 Å². The topological polar surface area (TPSA) is 46.6 Å². The summed E-state index contributed by atoms with van der Waals surface area (Å²) in [4.78, 5) is 27.0. The number of ether oxygens (including phenoxy) is 1. The standard InChI is InChI=1S/C22H22FNO3/c1-3-27-22(26)21-15(2)24(14-17-11-7-8-12-19(17)23)20(25)13-18(21)16-9-5-4-6-10-16/h4-12,18H,3,13-14H2,1-2H3/t18-/m0/s1. The molecule has 0 unspecified atom stereocenters. The number of esters is 1. The van der Waals surface area contributed by atoms with Crippen molar-refractivity contribution in [2.45, 2.75) is 32.7 Å². The Balaban J connectivity index is 2.03. The summed E-state index contributed by atoms with van der Waals surface area (Å²) >= 11 is 0. The summed E-state index contributed by atoms with van der Waals surface area (Å²) in [6, 6.07) is 15.8. The van der Waals surface area contributed by atoms with Crippen LogP contribution in [0.15, 0.2) is 65.9 Å². The van der Waals surface area contributed by atoms with Gasteiger partial charge in [-0.1, -0.05) is 48.5 Å². The first-order valence-corrected chi connectivity index (χ1v) is 8.99. The number of rotatable bonds is 5. The molecule has 1 amide bonds. The second-order valence-electron chi connectivity index (χ2n) is 6.46. The van der Waals surface area contributed by atoms with E-state index in [2.05, 4.69) is 0 Å². The SMILES string of the molecule is CCOC(=O)C1=C(C)N(Cc2ccccc2F)C(=O)C[C@H]1c1ccccc1. The van der Waals surface area contributed by atoms with Crippen molar-refractivity contribution in [2.75, 3.05) is 6.61 Å². The lowest BCUT2D eigenvalue weighted by atomic mass is 9.83. The van der Waals surface area contributed by atoms with Crippen LogP contribution in [0.25, 0.3) is 0 Å². The fourth-order valence-corrected chi connectivity index (χ4v) is 3.44. The minimum atomic E-state index is -0.435. The average molecular weight is 367 g/mol. The van der Waals surface area contributed by atoms with Crippen molar-refractivity contribution in [1.82, 2.24) is 4.90 Å². The molecule has 2 aromatic rings. The molecule has 140 valence electrons. The second-order valence-corrected chi connectivity index (χ2v) is 6.46. The van der Waals surface area contributed by atoms with E-state index < -0.39 is 5.97 Å². The molecule has 0 spiro atoms. The molecule has 4 nitrogen and oxygen atoms in total. The van der Waals surface area contributed by atoms with E-state index >= 15 is 0 Å². The number of nitrogens with zero attached hydrogens (tertiary/aromatic N) is 1. The molecule has 1 atom stereocenters. The first-order chi connectivity index (χ1) is 13.0. The minimum Gasteiger partial charge on any atom is -0.463 e. The van der Waals surface area contributed by atoms with Gasteiger partial charge in [0.1, 0.15) is 5.82 Å². The fourth-order valence-electron chi connectivity index (χ4n) is 3.44. The molecule has 0 fully saturated rings. The number of carbonyl (C=O) groups is 2. The number of allylic oxidation sites excluding steroid dienone is 1. The lowest BCUT2D eigenvalue weighted by Crippen LogP contribution is -2.38. The zero-order valence-electron chi connectivity index (χ0n) is 15.4. The number of hydrogen-bond acceptors (Lipinski definition) is 3. The fraction of sp³-hybridized carbons (Fsp3) is 0.273. The van der Waals surface area contributed by atoms with Crippen LogP contribution in [-0.2, 0) is 20.9 Å². The third kappa shape index (κ3) is 3.92. The Morgan fingerprint density at radius 2 is 1.81 bits per heavy atom. The Labute approximate surface area is 158 Å². The highest BCUT2D eigenvalue weighted by Gasteiger charge is 2.36. The van der Waals surface area contributed by atoms with Gasteiger partial charge in [-0.2, -0.15) is 0 Å². The van der Waals surface area contributed by atoms with Crippen LogP contribution in [0.3, 0.4) is 0 Å². The Morgan fingerprint density at radius 3 is 2.48 bits per heavy atom. The van der Waals surface area contributed by atoms with Gasteiger partial charge < -0.3 is 9.64 Å². The zero-order valence-corrected chi connectivity index (χ0v) is 15.4. The summed E-state index contributed by atoms with van der Waals surface area (Å²) < 4.78 is 19.3. The van der Waals surface area contributed by atoms with Crippen LogP contribution in [0.4, 0.5) is 4.39 Å². The summed E-state index contributed by atoms with van der Waals surface area (Å²) in [7, 11) is 0. The predicted octanol–water partition coefficient (Wildman–Crippen LogP) is 4.18. The highest BCUT2D eigenvalue weighted by molar-refractivity contribution is 5.95. The van der Waals surface area contributed by atoms with Crippen LogP contribution in [0.2, 0.25) is 0 Å². The highest BCUT2D eigenvalue weighted by Crippen LogP contribution is 2.37. The second kappa shape index (κ2) is 8.16. The maximum absolute atomic E-state index is 14.1. The minimum absolute atomic E-state index is 0.0851. The molecule has 27 heavy (non-hydrogen) atoms. The third-order valence-corrected chi connectivity index (χ3v) is 4.81. The van der Waals surface area contributed by atoms with E-state index in [0.717, 1.165) is 5.56 Å². The van der Waals surface area contributed by atoms with Crippen molar-refractivity contribution < 1.29 is 18.7 Å². The van der Waals surface area contributed by atoms with Crippen LogP contribution in [0.1, 0.15) is 37.3 Å². The van der Waals surface area contributed by atoms with Gasteiger partial charge in [-0.25, -0.2) is 9.18 Å². The van der Waals surface area contributed by atoms with Crippen LogP contribution in [0.5, 0.6) is 0 Å². The van der Waals surface area contributed by atoms with Crippen LogP contribution in [-0.4, -0.2) is 23.4 Å². The van der Waals surface area contributed by atoms with E-state index in [-0.39, 0.29) is 37.2 Å². The first kappa shape index (κ1) is 18.8. The Morgan fingerprint density at radius 1 is 1.15 bits per heavy atom. The molecular formula is C22H22FNO3. The molecule has 0 bridgehead atoms. The number of benzene rings is 2. The van der Waals surface area contributed by atoms with Crippen molar-refractivity contribution in [3.63, 3.8) is 0 Å². The van der Waals surface area contributed by atoms with E-state index in [1.165, 1.54) is 11.0 Å². The van der Waals surface area contributed by atoms with Gasteiger partial charge in [0.15, 0.2) is 0 Å². The average Bonchev–Trinajstić information content (AvgIpc) is 2.67. The van der Waals surface area contributed by atoms with Gasteiger partial charge in [0, 0.05) is 23.6 Å². The predicted molar refractivity (Wildman–Crippen MR) is 100 cm³/mol. The summed E-state index contributed by atoms with van der Waals surface area (Å²) in [5.74, 6) is -1.32. The Hall–Kier alpha value is -2.95. The number of carbonyl (C=O) groups excluding carboxylic acids is 2. The smallest absolute Gasteiger partial charge is 0.336 e. The van der Waals surface area contributed by atoms with Gasteiger partial charge in [0.2, 0.25) is 5.91 Å². The van der Waals surface area contributed by atoms with Crippen molar-refractivity contribution in [3.05, 3.63) is 82.8 Å². The lowest BCUT2D eigenvalue weighted by Gasteiger charge is -2.34. The molecule has 0 aliphatic carbocycles. The van der Waals surface area contributed by atoms with E-state index in [4.69, 9.17) is 4.74 Å². The van der Waals surface area contributed by atoms with E-state index in [1.807, 2.05) is 30.3 Å². The molecule has 2 aromatic carbocycles. The Kier molecular flexibility index (Phi) is 5.69. The molecule has 5 heteroatoms. The Bertz CT molecular complexity index is 876. The molecule has 0 saturated heterocycles. The largest absolute Gasteiger partial charge is 0.463 e. The van der Waals surface area contributed by atoms with Gasteiger partial charge in [-0.3, -0.25) is 4.79 Å². The van der Waals surface area contributed by atoms with Crippen LogP contribution >= 0.6 is 0 Å². The van der Waals surface area contributed by atoms with Gasteiger partial charge in [-0.15, -0.1) is 0 Å². The lowest BCUT2D eigenvalue weighted by molar-refractivity contribution is -0.140. The van der Waals surface area contributed by atoms with Crippen LogP contribution < -0.4 is 0 Å². The normalized spacial score (nSPS) is 17.2. The maximum atomic E-state index is 14.1. The summed E-state index contributed by atoms with van der Waals surface area (Å²) in [5, 5.41) is 0. The van der Waals surface area contributed by atoms with E-state index in [9.17, 15) is 14.0 Å². The molecule has 0 radical (unpaired) electrons. The molecule has 0 saturated carbocycles. The maximum Gasteiger partial charge on any atom is 0.336 e. The van der Waals surface area contributed by atoms with Gasteiger partial charge >= 0.3 is 5.97 Å². The summed E-state index contributed by atoms with van der Waals surface area (Å²) in [5.41, 5.74) is 2.27. The van der Waals surface area contributed by atoms with Crippen molar-refractivity contribution in [2.24, 2.45) is 0 Å². The van der Waals surface area contributed by atoms with E-state index in [1.54, 1.807) is 32.0 Å². The van der Waals surface area contributed by atoms with Crippen molar-refractivity contribution >= 4 is 11.9 Å². The molecule has 1 heterocycles. The molecule has 0 aromatic heterocycles. The quantitative estimate of drug-likeness (QED) is 0.745. The molecular weight excluding hydrogens is 345 g/mol. The summed E-state index contributed by atoms with van der Waals surface area (Å²) in [6.45, 7) is 3.80. The molecule has 1 aliphatic heterocycles. The molecule has 0 N–H and O–H groups in total. The number of halogens is 1. The zero-order chi connectivity index (χ0) is 19.4. The van der Waals surface area contributed by atoms with E-state index in [0.29, 0.717) is 16.8 Å². The third-order valence-electron chi connectivity index (χ3n) is 4.81. The van der Waals surface area contributed by atoms with Crippen LogP contribution in [0, 0.1) is 5.82 Å². The summed E-state index contributed by atoms with van der Waals surface area (Å²) in [6.07, 6.45) is 0.143. The first-order valence-electron chi connectivity index (χ1n) is 8.99. The van der Waals surface area contributed by atoms with Crippen molar-refractivity contribution in [3.8, 4) is 0 Å². The highest BCUT2D eigenvalue weighted by atomic mass is 19.1. The monoisotopic (exact) mass is 367 g/mol. The van der Waals surface area contributed by atoms with Gasteiger partial charge in [0.25, 0.3) is 0 Å². The number of amides is 1. The molecule has 3 rings (SSSR count). The molecule has 1 aliphatic rings. The van der Waals surface area contributed by atoms with Gasteiger partial charge in [-0.05, 0) is 25.5 Å². The number of hydrogen-bond donors (Lipinski definition) is 0.